The van der Waals surface area contributed by atoms with Crippen molar-refractivity contribution in [3.63, 3.8) is 0 Å². The number of nitrogens with zero attached hydrogens (tertiary/aromatic N) is 2. The fourth-order valence-corrected chi connectivity index (χ4v) is 4.48. The number of benzene rings is 1. The quantitative estimate of drug-likeness (QED) is 0.740. The van der Waals surface area contributed by atoms with Crippen LogP contribution < -0.4 is 4.57 Å². The van der Waals surface area contributed by atoms with Crippen LogP contribution in [-0.4, -0.2) is 39.0 Å². The summed E-state index contributed by atoms with van der Waals surface area (Å²) < 4.78 is 34.4. The molecule has 2 heterocycles. The molecule has 2 aromatic rings. The molecule has 25 heavy (non-hydrogen) atoms. The zero-order valence-electron chi connectivity index (χ0n) is 14.6. The van der Waals surface area contributed by atoms with Gasteiger partial charge in [-0.2, -0.15) is 4.31 Å². The number of pyridine rings is 1. The molecule has 0 bridgehead atoms. The first kappa shape index (κ1) is 18.0. The number of ether oxygens (including phenoxy) is 1. The van der Waals surface area contributed by atoms with E-state index in [9.17, 15) is 8.42 Å². The van der Waals surface area contributed by atoms with E-state index in [1.165, 1.54) is 9.87 Å². The normalized spacial score (nSPS) is 16.0. The number of aromatic nitrogens is 1. The van der Waals surface area contributed by atoms with Crippen molar-refractivity contribution in [3.05, 3.63) is 59.9 Å². The Balaban J connectivity index is 1.76. The molecule has 3 rings (SSSR count). The molecule has 6 heteroatoms. The van der Waals surface area contributed by atoms with E-state index < -0.39 is 10.0 Å². The Kier molecular flexibility index (Phi) is 5.83. The lowest BCUT2D eigenvalue weighted by atomic mass is 10.1. The van der Waals surface area contributed by atoms with E-state index in [1.54, 1.807) is 12.1 Å². The molecule has 0 N–H and O–H groups in total. The molecular formula is C19H25N2O3S+. The fraction of sp³-hybridized carbons (Fsp3) is 0.421. The molecule has 134 valence electrons. The third kappa shape index (κ3) is 4.45. The lowest BCUT2D eigenvalue weighted by Crippen LogP contribution is -2.40. The summed E-state index contributed by atoms with van der Waals surface area (Å²) in [7, 11) is -3.45. The van der Waals surface area contributed by atoms with Crippen LogP contribution in [0.4, 0.5) is 0 Å². The van der Waals surface area contributed by atoms with E-state index in [-0.39, 0.29) is 0 Å². The van der Waals surface area contributed by atoms with Crippen LogP contribution in [0, 0.1) is 0 Å². The Bertz CT molecular complexity index is 798. The van der Waals surface area contributed by atoms with Crippen LogP contribution in [0.15, 0.2) is 53.7 Å². The van der Waals surface area contributed by atoms with E-state index in [0.717, 1.165) is 18.4 Å². The Labute approximate surface area is 149 Å². The number of aryl methyl sites for hydroxylation is 1. The molecule has 1 fully saturated rings. The highest BCUT2D eigenvalue weighted by Gasteiger charge is 2.26. The highest BCUT2D eigenvalue weighted by molar-refractivity contribution is 7.89. The van der Waals surface area contributed by atoms with E-state index in [0.29, 0.717) is 37.7 Å². The standard InChI is InChI=1S/C19H25N2O3S/c1-2-4-17-7-9-20(10-8-17)16-18-5-3-6-19(15-18)25(22,23)21-11-13-24-14-12-21/h3,5-10,15H,2,4,11-14,16H2,1H3/q+1. The molecule has 0 unspecified atom stereocenters. The molecular weight excluding hydrogens is 336 g/mol. The zero-order chi connectivity index (χ0) is 17.7. The van der Waals surface area contributed by atoms with Crippen molar-refractivity contribution >= 4 is 10.0 Å². The Morgan fingerprint density at radius 2 is 1.80 bits per heavy atom. The number of rotatable bonds is 6. The average Bonchev–Trinajstić information content (AvgIpc) is 2.64. The summed E-state index contributed by atoms with van der Waals surface area (Å²) in [6.07, 6.45) is 6.31. The van der Waals surface area contributed by atoms with Crippen LogP contribution in [-0.2, 0) is 27.7 Å². The molecule has 1 saturated heterocycles. The minimum Gasteiger partial charge on any atom is -0.379 e. The third-order valence-corrected chi connectivity index (χ3v) is 6.26. The summed E-state index contributed by atoms with van der Waals surface area (Å²) in [5, 5.41) is 0. The van der Waals surface area contributed by atoms with Crippen molar-refractivity contribution in [2.45, 2.75) is 31.2 Å². The van der Waals surface area contributed by atoms with E-state index in [1.807, 2.05) is 24.5 Å². The summed E-state index contributed by atoms with van der Waals surface area (Å²) in [6.45, 7) is 4.57. The first-order valence-corrected chi connectivity index (χ1v) is 10.2. The number of hydrogen-bond donors (Lipinski definition) is 0. The van der Waals surface area contributed by atoms with Gasteiger partial charge in [0.15, 0.2) is 18.9 Å². The van der Waals surface area contributed by atoms with E-state index >= 15 is 0 Å². The van der Waals surface area contributed by atoms with Crippen LogP contribution in [0.3, 0.4) is 0 Å². The van der Waals surface area contributed by atoms with Crippen LogP contribution in [0.2, 0.25) is 0 Å². The van der Waals surface area contributed by atoms with Gasteiger partial charge in [-0.15, -0.1) is 0 Å². The summed E-state index contributed by atoms with van der Waals surface area (Å²) in [6, 6.07) is 11.5. The molecule has 0 radical (unpaired) electrons. The smallest absolute Gasteiger partial charge is 0.243 e. The van der Waals surface area contributed by atoms with Crippen molar-refractivity contribution < 1.29 is 17.7 Å². The lowest BCUT2D eigenvalue weighted by Gasteiger charge is -2.26. The van der Waals surface area contributed by atoms with Crippen molar-refractivity contribution in [2.24, 2.45) is 0 Å². The maximum absolute atomic E-state index is 12.8. The molecule has 1 aromatic heterocycles. The molecule has 0 amide bonds. The maximum atomic E-state index is 12.8. The van der Waals surface area contributed by atoms with Gasteiger partial charge in [0.1, 0.15) is 0 Å². The first-order valence-electron chi connectivity index (χ1n) is 8.74. The summed E-state index contributed by atoms with van der Waals surface area (Å²) >= 11 is 0. The Morgan fingerprint density at radius 1 is 1.08 bits per heavy atom. The largest absolute Gasteiger partial charge is 0.379 e. The molecule has 1 aromatic carbocycles. The predicted octanol–water partition coefficient (Wildman–Crippen LogP) is 2.00. The van der Waals surface area contributed by atoms with Crippen molar-refractivity contribution in [1.82, 2.24) is 4.31 Å². The van der Waals surface area contributed by atoms with Gasteiger partial charge in [-0.05, 0) is 24.1 Å². The second-order valence-electron chi connectivity index (χ2n) is 6.29. The highest BCUT2D eigenvalue weighted by atomic mass is 32.2. The monoisotopic (exact) mass is 361 g/mol. The summed E-state index contributed by atoms with van der Waals surface area (Å²) in [5.74, 6) is 0. The van der Waals surface area contributed by atoms with Crippen molar-refractivity contribution in [3.8, 4) is 0 Å². The maximum Gasteiger partial charge on any atom is 0.243 e. The SMILES string of the molecule is CCCc1cc[n+](Cc2cccc(S(=O)(=O)N3CCOCC3)c2)cc1. The Hall–Kier alpha value is -1.76. The zero-order valence-corrected chi connectivity index (χ0v) is 15.4. The van der Waals surface area contributed by atoms with Crippen LogP contribution in [0.1, 0.15) is 24.5 Å². The molecule has 0 atom stereocenters. The first-order chi connectivity index (χ1) is 12.1. The molecule has 0 spiro atoms. The van der Waals surface area contributed by atoms with Crippen LogP contribution >= 0.6 is 0 Å². The summed E-state index contributed by atoms with van der Waals surface area (Å²) in [4.78, 5) is 0.357. The minimum absolute atomic E-state index is 0.357. The minimum atomic E-state index is -3.45. The van der Waals surface area contributed by atoms with Gasteiger partial charge in [0, 0.05) is 30.8 Å². The van der Waals surface area contributed by atoms with Gasteiger partial charge in [0.05, 0.1) is 18.1 Å². The van der Waals surface area contributed by atoms with Crippen LogP contribution in [0.25, 0.3) is 0 Å². The van der Waals surface area contributed by atoms with Gasteiger partial charge in [0.2, 0.25) is 10.0 Å². The molecule has 1 aliphatic heterocycles. The molecule has 5 nitrogen and oxygen atoms in total. The van der Waals surface area contributed by atoms with Gasteiger partial charge in [-0.1, -0.05) is 25.5 Å². The van der Waals surface area contributed by atoms with Crippen LogP contribution in [0.5, 0.6) is 0 Å². The van der Waals surface area contributed by atoms with Gasteiger partial charge >= 0.3 is 0 Å². The molecule has 0 saturated carbocycles. The van der Waals surface area contributed by atoms with Gasteiger partial charge in [-0.25, -0.2) is 13.0 Å². The average molecular weight is 361 g/mol. The Morgan fingerprint density at radius 3 is 2.48 bits per heavy atom. The topological polar surface area (TPSA) is 50.5 Å². The number of sulfonamides is 1. The van der Waals surface area contributed by atoms with Gasteiger partial charge in [0.25, 0.3) is 0 Å². The second-order valence-corrected chi connectivity index (χ2v) is 8.23. The van der Waals surface area contributed by atoms with Crippen molar-refractivity contribution in [1.29, 1.82) is 0 Å². The molecule has 0 aliphatic carbocycles. The van der Waals surface area contributed by atoms with E-state index in [4.69, 9.17) is 4.74 Å². The van der Waals surface area contributed by atoms with Gasteiger partial charge < -0.3 is 4.74 Å². The van der Waals surface area contributed by atoms with Gasteiger partial charge in [-0.3, -0.25) is 0 Å². The predicted molar refractivity (Wildman–Crippen MR) is 95.8 cm³/mol. The fourth-order valence-electron chi connectivity index (χ4n) is 3.00. The highest BCUT2D eigenvalue weighted by Crippen LogP contribution is 2.18. The lowest BCUT2D eigenvalue weighted by molar-refractivity contribution is -0.688. The van der Waals surface area contributed by atoms with Crippen molar-refractivity contribution in [2.75, 3.05) is 26.3 Å². The number of hydrogen-bond acceptors (Lipinski definition) is 3. The second kappa shape index (κ2) is 8.08. The summed E-state index contributed by atoms with van der Waals surface area (Å²) in [5.41, 5.74) is 2.30. The van der Waals surface area contributed by atoms with E-state index in [2.05, 4.69) is 23.6 Å². The molecule has 1 aliphatic rings. The third-order valence-electron chi connectivity index (χ3n) is 4.37. The number of morpholine rings is 1.